The van der Waals surface area contributed by atoms with Gasteiger partial charge in [-0.1, -0.05) is 6.92 Å². The lowest BCUT2D eigenvalue weighted by molar-refractivity contribution is -0.130. The fourth-order valence-corrected chi connectivity index (χ4v) is 3.02. The van der Waals surface area contributed by atoms with E-state index in [1.165, 1.54) is 13.0 Å². The monoisotopic (exact) mass is 395 g/mol. The summed E-state index contributed by atoms with van der Waals surface area (Å²) in [4.78, 5) is 24.6. The third-order valence-corrected chi connectivity index (χ3v) is 4.95. The standard InChI is InChI=1S/C20H26FNO6/c1-10-7-14(21)18(25)19(26)15(23)6-4-5-12-8-13(22-3)9-16(24)17(12)20(27)28-11(10)2/h7-11,15,19,22-24,26H,4-6H2,1-3H3/b14-7+/t10-,11?,15?,19?/m1/s1. The smallest absolute Gasteiger partial charge is 0.342 e. The van der Waals surface area contributed by atoms with E-state index in [4.69, 9.17) is 4.74 Å². The number of halogens is 1. The molecule has 0 saturated heterocycles. The summed E-state index contributed by atoms with van der Waals surface area (Å²) >= 11 is 0. The van der Waals surface area contributed by atoms with Crippen molar-refractivity contribution in [3.63, 3.8) is 0 Å². The Bertz CT molecular complexity index is 778. The zero-order valence-electron chi connectivity index (χ0n) is 16.1. The highest BCUT2D eigenvalue weighted by atomic mass is 19.1. The van der Waals surface area contributed by atoms with Gasteiger partial charge >= 0.3 is 5.97 Å². The highest BCUT2D eigenvalue weighted by Gasteiger charge is 2.30. The van der Waals surface area contributed by atoms with E-state index in [1.54, 1.807) is 20.0 Å². The summed E-state index contributed by atoms with van der Waals surface area (Å²) in [6.07, 6.45) is -2.60. The van der Waals surface area contributed by atoms with E-state index in [0.29, 0.717) is 11.3 Å². The van der Waals surface area contributed by atoms with Crippen LogP contribution in [0.5, 0.6) is 5.75 Å². The normalized spacial score (nSPS) is 29.1. The number of carbonyl (C=O) groups excluding carboxylic acids is 2. The first-order valence-electron chi connectivity index (χ1n) is 9.18. The van der Waals surface area contributed by atoms with E-state index in [-0.39, 0.29) is 30.6 Å². The van der Waals surface area contributed by atoms with Gasteiger partial charge in [-0.05, 0) is 43.9 Å². The number of Topliss-reactive ketones (excluding diaryl/α,β-unsaturated/α-hetero) is 1. The van der Waals surface area contributed by atoms with Crippen molar-refractivity contribution in [1.29, 1.82) is 0 Å². The van der Waals surface area contributed by atoms with Crippen molar-refractivity contribution < 1.29 is 34.0 Å². The van der Waals surface area contributed by atoms with Gasteiger partial charge in [-0.25, -0.2) is 9.18 Å². The first kappa shape index (κ1) is 21.8. The van der Waals surface area contributed by atoms with E-state index in [1.807, 2.05) is 0 Å². The van der Waals surface area contributed by atoms with Crippen LogP contribution in [0.1, 0.15) is 42.6 Å². The summed E-state index contributed by atoms with van der Waals surface area (Å²) in [6, 6.07) is 3.08. The van der Waals surface area contributed by atoms with Gasteiger partial charge in [0.2, 0.25) is 5.78 Å². The van der Waals surface area contributed by atoms with Crippen LogP contribution in [-0.2, 0) is 16.0 Å². The van der Waals surface area contributed by atoms with Gasteiger partial charge in [-0.2, -0.15) is 0 Å². The number of aromatic hydroxyl groups is 1. The molecule has 0 aliphatic carbocycles. The van der Waals surface area contributed by atoms with Gasteiger partial charge in [0.15, 0.2) is 5.83 Å². The molecule has 1 aliphatic rings. The summed E-state index contributed by atoms with van der Waals surface area (Å²) in [5.41, 5.74) is 1.10. The van der Waals surface area contributed by atoms with Crippen LogP contribution in [0.2, 0.25) is 0 Å². The molecule has 3 unspecified atom stereocenters. The van der Waals surface area contributed by atoms with Crippen molar-refractivity contribution in [2.45, 2.75) is 51.4 Å². The van der Waals surface area contributed by atoms with E-state index >= 15 is 0 Å². The average molecular weight is 395 g/mol. The SMILES string of the molecule is CNc1cc(O)c2c(c1)CCCC(O)C(O)C(=O)/C(F)=C\[C@@H](C)C(C)OC2=O. The number of aliphatic hydroxyl groups is 2. The highest BCUT2D eigenvalue weighted by molar-refractivity contribution is 5.97. The van der Waals surface area contributed by atoms with Gasteiger partial charge in [0.1, 0.15) is 23.5 Å². The molecule has 28 heavy (non-hydrogen) atoms. The van der Waals surface area contributed by atoms with Gasteiger partial charge in [0.05, 0.1) is 6.10 Å². The molecule has 0 saturated carbocycles. The van der Waals surface area contributed by atoms with E-state index < -0.39 is 41.8 Å². The molecule has 1 aliphatic heterocycles. The van der Waals surface area contributed by atoms with Gasteiger partial charge in [-0.3, -0.25) is 4.79 Å². The predicted molar refractivity (Wildman–Crippen MR) is 101 cm³/mol. The Morgan fingerprint density at radius 2 is 1.89 bits per heavy atom. The molecule has 2 rings (SSSR count). The number of rotatable bonds is 1. The van der Waals surface area contributed by atoms with Crippen LogP contribution in [0.3, 0.4) is 0 Å². The Kier molecular flexibility index (Phi) is 7.15. The summed E-state index contributed by atoms with van der Waals surface area (Å²) in [5, 5.41) is 33.2. The van der Waals surface area contributed by atoms with Crippen molar-refractivity contribution in [1.82, 2.24) is 0 Å². The molecule has 1 aromatic rings. The number of ether oxygens (including phenoxy) is 1. The third-order valence-electron chi connectivity index (χ3n) is 4.95. The van der Waals surface area contributed by atoms with Crippen molar-refractivity contribution in [3.05, 3.63) is 35.2 Å². The predicted octanol–water partition coefficient (Wildman–Crippen LogP) is 2.10. The van der Waals surface area contributed by atoms with Crippen molar-refractivity contribution in [2.75, 3.05) is 12.4 Å². The van der Waals surface area contributed by atoms with E-state index in [2.05, 4.69) is 5.32 Å². The highest BCUT2D eigenvalue weighted by Crippen LogP contribution is 2.30. The summed E-state index contributed by atoms with van der Waals surface area (Å²) in [6.45, 7) is 3.08. The molecule has 154 valence electrons. The Labute approximate surface area is 162 Å². The molecule has 0 spiro atoms. The second-order valence-electron chi connectivity index (χ2n) is 7.03. The molecule has 1 aromatic carbocycles. The number of hydrogen-bond acceptors (Lipinski definition) is 7. The number of fused-ring (bicyclic) bond motifs is 1. The second-order valence-corrected chi connectivity index (χ2v) is 7.03. The van der Waals surface area contributed by atoms with Gasteiger partial charge in [0.25, 0.3) is 0 Å². The number of esters is 1. The number of phenols is 1. The molecule has 0 fully saturated rings. The molecule has 0 bridgehead atoms. The first-order valence-corrected chi connectivity index (χ1v) is 9.18. The van der Waals surface area contributed by atoms with Crippen LogP contribution in [0.4, 0.5) is 10.1 Å². The van der Waals surface area contributed by atoms with Crippen LogP contribution in [0.25, 0.3) is 0 Å². The van der Waals surface area contributed by atoms with Crippen LogP contribution in [-0.4, -0.2) is 52.4 Å². The molecule has 0 aromatic heterocycles. The number of aliphatic hydroxyl groups excluding tert-OH is 2. The van der Waals surface area contributed by atoms with E-state index in [9.17, 15) is 29.3 Å². The maximum atomic E-state index is 14.1. The fraction of sp³-hybridized carbons (Fsp3) is 0.500. The molecular weight excluding hydrogens is 369 g/mol. The largest absolute Gasteiger partial charge is 0.507 e. The maximum absolute atomic E-state index is 14.1. The van der Waals surface area contributed by atoms with Crippen molar-refractivity contribution in [3.8, 4) is 5.75 Å². The fourth-order valence-electron chi connectivity index (χ4n) is 3.02. The lowest BCUT2D eigenvalue weighted by Gasteiger charge is -2.22. The number of benzene rings is 1. The molecule has 1 heterocycles. The lowest BCUT2D eigenvalue weighted by atomic mass is 9.95. The van der Waals surface area contributed by atoms with Crippen LogP contribution in [0, 0.1) is 5.92 Å². The molecule has 7 nitrogen and oxygen atoms in total. The summed E-state index contributed by atoms with van der Waals surface area (Å²) in [5.74, 6) is -4.09. The van der Waals surface area contributed by atoms with Crippen molar-refractivity contribution >= 4 is 17.4 Å². The maximum Gasteiger partial charge on any atom is 0.342 e. The zero-order valence-corrected chi connectivity index (χ0v) is 16.1. The number of cyclic esters (lactones) is 1. The summed E-state index contributed by atoms with van der Waals surface area (Å²) in [7, 11) is 1.67. The van der Waals surface area contributed by atoms with Crippen LogP contribution >= 0.6 is 0 Å². The van der Waals surface area contributed by atoms with Gasteiger partial charge in [-0.15, -0.1) is 0 Å². The molecule has 4 atom stereocenters. The Morgan fingerprint density at radius 1 is 1.21 bits per heavy atom. The molecular formula is C20H26FNO6. The number of hydrogen-bond donors (Lipinski definition) is 4. The minimum atomic E-state index is -1.87. The molecule has 0 radical (unpaired) electrons. The number of carbonyl (C=O) groups is 2. The Morgan fingerprint density at radius 3 is 2.54 bits per heavy atom. The van der Waals surface area contributed by atoms with E-state index in [0.717, 1.165) is 6.08 Å². The Hall–Kier alpha value is -2.45. The topological polar surface area (TPSA) is 116 Å². The number of aryl methyl sites for hydroxylation is 1. The average Bonchev–Trinajstić information content (AvgIpc) is 2.65. The molecule has 4 N–H and O–H groups in total. The zero-order chi connectivity index (χ0) is 21.0. The second kappa shape index (κ2) is 9.16. The number of anilines is 1. The van der Waals surface area contributed by atoms with Crippen molar-refractivity contribution in [2.24, 2.45) is 5.92 Å². The number of ketones is 1. The number of nitrogens with one attached hydrogen (secondary N) is 1. The number of phenolic OH excluding ortho intramolecular Hbond substituents is 1. The molecule has 0 amide bonds. The van der Waals surface area contributed by atoms with Gasteiger partial charge in [0, 0.05) is 24.7 Å². The minimum absolute atomic E-state index is 0.00513. The quantitative estimate of drug-likeness (QED) is 0.538. The van der Waals surface area contributed by atoms with Gasteiger partial charge < -0.3 is 25.4 Å². The lowest BCUT2D eigenvalue weighted by Crippen LogP contribution is -2.35. The first-order chi connectivity index (χ1) is 13.1. The van der Waals surface area contributed by atoms with Crippen LogP contribution in [0.15, 0.2) is 24.0 Å². The molecule has 8 heteroatoms. The van der Waals surface area contributed by atoms with Crippen LogP contribution < -0.4 is 5.32 Å². The third kappa shape index (κ3) is 4.88. The Balaban J connectivity index is 2.46. The minimum Gasteiger partial charge on any atom is -0.507 e. The summed E-state index contributed by atoms with van der Waals surface area (Å²) < 4.78 is 19.5.